The molecule has 1 aliphatic rings. The molecule has 0 atom stereocenters. The molecule has 5 heteroatoms. The van der Waals surface area contributed by atoms with E-state index in [4.69, 9.17) is 11.6 Å². The number of rotatable bonds is 1. The van der Waals surface area contributed by atoms with E-state index >= 15 is 0 Å². The average molecular weight is 326 g/mol. The molecule has 4 nitrogen and oxygen atoms in total. The van der Waals surface area contributed by atoms with E-state index < -0.39 is 0 Å². The molecule has 0 N–H and O–H groups in total. The minimum atomic E-state index is 0.0202. The van der Waals surface area contributed by atoms with Gasteiger partial charge >= 0.3 is 0 Å². The van der Waals surface area contributed by atoms with Crippen molar-refractivity contribution in [2.24, 2.45) is 0 Å². The van der Waals surface area contributed by atoms with Gasteiger partial charge in [0, 0.05) is 30.4 Å². The summed E-state index contributed by atoms with van der Waals surface area (Å²) < 4.78 is 1.82. The first-order chi connectivity index (χ1) is 11.1. The molecule has 1 amide bonds. The summed E-state index contributed by atoms with van der Waals surface area (Å²) in [5.41, 5.74) is 4.61. The number of carbonyl (C=O) groups is 1. The van der Waals surface area contributed by atoms with Crippen molar-refractivity contribution < 1.29 is 4.79 Å². The van der Waals surface area contributed by atoms with E-state index in [9.17, 15) is 4.79 Å². The number of hydrogen-bond acceptors (Lipinski definition) is 2. The summed E-state index contributed by atoms with van der Waals surface area (Å²) >= 11 is 6.02. The van der Waals surface area contributed by atoms with Gasteiger partial charge in [-0.25, -0.2) is 4.98 Å². The molecule has 1 aliphatic heterocycles. The van der Waals surface area contributed by atoms with Crippen LogP contribution in [0.25, 0.3) is 5.65 Å². The van der Waals surface area contributed by atoms with Gasteiger partial charge < -0.3 is 4.90 Å². The van der Waals surface area contributed by atoms with Crippen molar-refractivity contribution in [3.63, 3.8) is 0 Å². The zero-order valence-corrected chi connectivity index (χ0v) is 13.5. The molecule has 0 aliphatic carbocycles. The highest BCUT2D eigenvalue weighted by Gasteiger charge is 2.25. The van der Waals surface area contributed by atoms with E-state index in [1.807, 2.05) is 28.5 Å². The van der Waals surface area contributed by atoms with Gasteiger partial charge in [0.15, 0.2) is 0 Å². The molecule has 0 saturated carbocycles. The fourth-order valence-corrected chi connectivity index (χ4v) is 3.37. The SMILES string of the molecule is Cc1nc2cc(Cl)ccn2c1C(=O)N1CCc2ccccc2C1. The van der Waals surface area contributed by atoms with Crippen LogP contribution >= 0.6 is 11.6 Å². The Morgan fingerprint density at radius 2 is 2.00 bits per heavy atom. The molecule has 3 aromatic rings. The number of nitrogens with zero attached hydrogens (tertiary/aromatic N) is 3. The Morgan fingerprint density at radius 3 is 2.83 bits per heavy atom. The molecule has 3 heterocycles. The van der Waals surface area contributed by atoms with Crippen LogP contribution in [0.3, 0.4) is 0 Å². The predicted molar refractivity (Wildman–Crippen MR) is 89.8 cm³/mol. The standard InChI is InChI=1S/C18H16ClN3O/c1-12-17(22-9-7-15(19)10-16(22)20-12)18(23)21-8-6-13-4-2-3-5-14(13)11-21/h2-5,7,9-10H,6,8,11H2,1H3. The third-order valence-corrected chi connectivity index (χ3v) is 4.62. The van der Waals surface area contributed by atoms with E-state index in [-0.39, 0.29) is 5.91 Å². The number of hydrogen-bond donors (Lipinski definition) is 0. The highest BCUT2D eigenvalue weighted by Crippen LogP contribution is 2.23. The third kappa shape index (κ3) is 2.39. The zero-order chi connectivity index (χ0) is 16.0. The molecule has 4 rings (SSSR count). The molecular formula is C18H16ClN3O. The van der Waals surface area contributed by atoms with Gasteiger partial charge in [-0.05, 0) is 30.5 Å². The average Bonchev–Trinajstić information content (AvgIpc) is 2.88. The third-order valence-electron chi connectivity index (χ3n) is 4.38. The second-order valence-corrected chi connectivity index (χ2v) is 6.30. The lowest BCUT2D eigenvalue weighted by atomic mass is 9.99. The van der Waals surface area contributed by atoms with Crippen LogP contribution in [0.4, 0.5) is 0 Å². The number of fused-ring (bicyclic) bond motifs is 2. The van der Waals surface area contributed by atoms with Crippen molar-refractivity contribution in [3.05, 3.63) is 70.1 Å². The second kappa shape index (κ2) is 5.39. The fourth-order valence-electron chi connectivity index (χ4n) is 3.21. The van der Waals surface area contributed by atoms with Crippen LogP contribution in [-0.4, -0.2) is 26.7 Å². The van der Waals surface area contributed by atoms with Crippen molar-refractivity contribution in [1.82, 2.24) is 14.3 Å². The summed E-state index contributed by atoms with van der Waals surface area (Å²) in [6.07, 6.45) is 2.70. The van der Waals surface area contributed by atoms with Gasteiger partial charge in [0.2, 0.25) is 0 Å². The van der Waals surface area contributed by atoms with Crippen molar-refractivity contribution in [2.75, 3.05) is 6.54 Å². The lowest BCUT2D eigenvalue weighted by Gasteiger charge is -2.28. The first kappa shape index (κ1) is 14.3. The van der Waals surface area contributed by atoms with Crippen molar-refractivity contribution in [2.45, 2.75) is 19.9 Å². The van der Waals surface area contributed by atoms with Gasteiger partial charge in [-0.2, -0.15) is 0 Å². The minimum absolute atomic E-state index is 0.0202. The number of aromatic nitrogens is 2. The fraction of sp³-hybridized carbons (Fsp3) is 0.222. The van der Waals surface area contributed by atoms with E-state index in [1.165, 1.54) is 11.1 Å². The number of carbonyl (C=O) groups excluding carboxylic acids is 1. The molecule has 23 heavy (non-hydrogen) atoms. The highest BCUT2D eigenvalue weighted by atomic mass is 35.5. The van der Waals surface area contributed by atoms with Crippen LogP contribution in [0.5, 0.6) is 0 Å². The van der Waals surface area contributed by atoms with Crippen LogP contribution in [0.1, 0.15) is 27.3 Å². The maximum atomic E-state index is 13.0. The number of amides is 1. The number of aryl methyl sites for hydroxylation is 1. The summed E-state index contributed by atoms with van der Waals surface area (Å²) in [5, 5.41) is 0.619. The van der Waals surface area contributed by atoms with Gasteiger partial charge in [0.1, 0.15) is 11.3 Å². The van der Waals surface area contributed by atoms with E-state index in [1.54, 1.807) is 12.1 Å². The summed E-state index contributed by atoms with van der Waals surface area (Å²) in [7, 11) is 0. The monoisotopic (exact) mass is 325 g/mol. The summed E-state index contributed by atoms with van der Waals surface area (Å²) in [5.74, 6) is 0.0202. The zero-order valence-electron chi connectivity index (χ0n) is 12.8. The molecule has 0 spiro atoms. The van der Waals surface area contributed by atoms with Crippen molar-refractivity contribution in [3.8, 4) is 0 Å². The smallest absolute Gasteiger partial charge is 0.273 e. The Labute approximate surface area is 139 Å². The summed E-state index contributed by atoms with van der Waals surface area (Å²) in [6.45, 7) is 3.25. The van der Waals surface area contributed by atoms with Gasteiger partial charge in [0.25, 0.3) is 5.91 Å². The van der Waals surface area contributed by atoms with E-state index in [2.05, 4.69) is 23.2 Å². The van der Waals surface area contributed by atoms with Crippen molar-refractivity contribution in [1.29, 1.82) is 0 Å². The maximum absolute atomic E-state index is 13.0. The molecular weight excluding hydrogens is 310 g/mol. The Balaban J connectivity index is 1.72. The molecule has 1 aromatic carbocycles. The lowest BCUT2D eigenvalue weighted by molar-refractivity contribution is 0.0727. The number of pyridine rings is 1. The molecule has 2 aromatic heterocycles. The van der Waals surface area contributed by atoms with Crippen molar-refractivity contribution >= 4 is 23.2 Å². The summed E-state index contributed by atoms with van der Waals surface area (Å²) in [6, 6.07) is 11.9. The normalized spacial score (nSPS) is 14.1. The van der Waals surface area contributed by atoms with Gasteiger partial charge in [-0.15, -0.1) is 0 Å². The first-order valence-corrected chi connectivity index (χ1v) is 8.01. The predicted octanol–water partition coefficient (Wildman–Crippen LogP) is 3.49. The minimum Gasteiger partial charge on any atom is -0.333 e. The Kier molecular flexibility index (Phi) is 3.34. The molecule has 0 fully saturated rings. The van der Waals surface area contributed by atoms with Gasteiger partial charge in [-0.1, -0.05) is 35.9 Å². The van der Waals surface area contributed by atoms with Crippen LogP contribution < -0.4 is 0 Å². The lowest BCUT2D eigenvalue weighted by Crippen LogP contribution is -2.36. The highest BCUT2D eigenvalue weighted by molar-refractivity contribution is 6.30. The molecule has 0 bridgehead atoms. The number of benzene rings is 1. The molecule has 116 valence electrons. The van der Waals surface area contributed by atoms with E-state index in [0.29, 0.717) is 22.9 Å². The second-order valence-electron chi connectivity index (χ2n) is 5.86. The number of halogens is 1. The van der Waals surface area contributed by atoms with Crippen LogP contribution in [0.15, 0.2) is 42.6 Å². The van der Waals surface area contributed by atoms with Gasteiger partial charge in [-0.3, -0.25) is 9.20 Å². The van der Waals surface area contributed by atoms with Crippen LogP contribution in [0.2, 0.25) is 5.02 Å². The van der Waals surface area contributed by atoms with Crippen LogP contribution in [0, 0.1) is 6.92 Å². The Morgan fingerprint density at radius 1 is 1.22 bits per heavy atom. The topological polar surface area (TPSA) is 37.6 Å². The molecule has 0 saturated heterocycles. The molecule has 0 unspecified atom stereocenters. The Hall–Kier alpha value is -2.33. The molecule has 0 radical (unpaired) electrons. The quantitative estimate of drug-likeness (QED) is 0.687. The summed E-state index contributed by atoms with van der Waals surface area (Å²) in [4.78, 5) is 19.4. The maximum Gasteiger partial charge on any atom is 0.273 e. The largest absolute Gasteiger partial charge is 0.333 e. The van der Waals surface area contributed by atoms with Crippen LogP contribution in [-0.2, 0) is 13.0 Å². The first-order valence-electron chi connectivity index (χ1n) is 7.64. The number of imidazole rings is 1. The Bertz CT molecular complexity index is 916. The van der Waals surface area contributed by atoms with E-state index in [0.717, 1.165) is 18.7 Å². The van der Waals surface area contributed by atoms with Gasteiger partial charge in [0.05, 0.1) is 5.69 Å².